The fourth-order valence-corrected chi connectivity index (χ4v) is 3.55. The molecule has 0 radical (unpaired) electrons. The lowest BCUT2D eigenvalue weighted by Gasteiger charge is -2.54. The number of piperidine rings is 1. The Kier molecular flexibility index (Phi) is 2.36. The zero-order valence-electron chi connectivity index (χ0n) is 11.4. The second-order valence-electron chi connectivity index (χ2n) is 6.24. The van der Waals surface area contributed by atoms with Crippen LogP contribution in [0.5, 0.6) is 0 Å². The molecule has 0 bridgehead atoms. The zero-order valence-corrected chi connectivity index (χ0v) is 11.4. The van der Waals surface area contributed by atoms with Crippen LogP contribution in [-0.2, 0) is 0 Å². The maximum absolute atomic E-state index is 4.46. The van der Waals surface area contributed by atoms with Crippen molar-refractivity contribution >= 4 is 16.7 Å². The number of para-hydroxylation sites is 1. The molecule has 3 heterocycles. The van der Waals surface area contributed by atoms with Gasteiger partial charge in [0.25, 0.3) is 0 Å². The summed E-state index contributed by atoms with van der Waals surface area (Å²) in [4.78, 5) is 12.6. The number of aromatic amines is 1. The summed E-state index contributed by atoms with van der Waals surface area (Å²) in [5.41, 5.74) is 4.13. The van der Waals surface area contributed by atoms with Crippen molar-refractivity contribution < 1.29 is 0 Å². The van der Waals surface area contributed by atoms with E-state index in [-0.39, 0.29) is 0 Å². The van der Waals surface area contributed by atoms with Crippen LogP contribution in [0.2, 0.25) is 0 Å². The summed E-state index contributed by atoms with van der Waals surface area (Å²) in [5.74, 6) is 0. The molecule has 0 aliphatic carbocycles. The van der Waals surface area contributed by atoms with E-state index in [0.29, 0.717) is 5.41 Å². The van der Waals surface area contributed by atoms with Gasteiger partial charge in [0.2, 0.25) is 0 Å². The summed E-state index contributed by atoms with van der Waals surface area (Å²) in [5, 5.41) is 0. The van der Waals surface area contributed by atoms with E-state index in [9.17, 15) is 0 Å². The van der Waals surface area contributed by atoms with E-state index in [0.717, 1.165) is 11.0 Å². The molecule has 0 unspecified atom stereocenters. The molecule has 2 aliphatic rings. The Morgan fingerprint density at radius 3 is 2.79 bits per heavy atom. The van der Waals surface area contributed by atoms with Crippen LogP contribution in [0.3, 0.4) is 0 Å². The number of H-pyrrole nitrogens is 1. The topological polar surface area (TPSA) is 35.2 Å². The van der Waals surface area contributed by atoms with Gasteiger partial charge < -0.3 is 14.8 Å². The lowest BCUT2D eigenvalue weighted by Crippen LogP contribution is -2.60. The number of fused-ring (bicyclic) bond motifs is 1. The molecule has 100 valence electrons. The van der Waals surface area contributed by atoms with E-state index in [1.807, 2.05) is 0 Å². The Bertz CT molecular complexity index is 587. The minimum absolute atomic E-state index is 0.574. The molecule has 0 atom stereocenters. The van der Waals surface area contributed by atoms with Gasteiger partial charge in [-0.15, -0.1) is 0 Å². The molecule has 19 heavy (non-hydrogen) atoms. The van der Waals surface area contributed by atoms with Crippen LogP contribution < -0.4 is 4.90 Å². The van der Waals surface area contributed by atoms with E-state index in [4.69, 9.17) is 0 Å². The van der Waals surface area contributed by atoms with Gasteiger partial charge in [-0.1, -0.05) is 6.07 Å². The molecular formula is C15H20N4. The van der Waals surface area contributed by atoms with Gasteiger partial charge in [0.05, 0.1) is 17.5 Å². The van der Waals surface area contributed by atoms with Gasteiger partial charge in [-0.05, 0) is 45.1 Å². The molecule has 4 heteroatoms. The molecule has 1 aromatic carbocycles. The molecule has 1 N–H and O–H groups in total. The maximum atomic E-state index is 4.46. The van der Waals surface area contributed by atoms with E-state index in [1.54, 1.807) is 6.33 Å². The minimum atomic E-state index is 0.574. The Hall–Kier alpha value is -1.55. The lowest BCUT2D eigenvalue weighted by atomic mass is 9.72. The van der Waals surface area contributed by atoms with Crippen LogP contribution in [0.1, 0.15) is 12.8 Å². The molecule has 1 spiro atoms. The maximum Gasteiger partial charge on any atom is 0.112 e. The van der Waals surface area contributed by atoms with Crippen molar-refractivity contribution in [1.82, 2.24) is 14.9 Å². The van der Waals surface area contributed by atoms with Crippen LogP contribution in [-0.4, -0.2) is 48.1 Å². The summed E-state index contributed by atoms with van der Waals surface area (Å²) in [6.45, 7) is 4.90. The monoisotopic (exact) mass is 256 g/mol. The zero-order chi connectivity index (χ0) is 12.9. The Morgan fingerprint density at radius 2 is 2.00 bits per heavy atom. The Labute approximate surface area is 113 Å². The number of benzene rings is 1. The first kappa shape index (κ1) is 11.3. The number of rotatable bonds is 1. The van der Waals surface area contributed by atoms with Crippen molar-refractivity contribution in [3.05, 3.63) is 24.5 Å². The minimum Gasteiger partial charge on any atom is -0.368 e. The lowest BCUT2D eigenvalue weighted by molar-refractivity contribution is 0.0908. The normalized spacial score (nSPS) is 22.9. The molecule has 1 aromatic heterocycles. The van der Waals surface area contributed by atoms with Gasteiger partial charge in [0.15, 0.2) is 0 Å². The predicted octanol–water partition coefficient (Wildman–Crippen LogP) is 2.09. The van der Waals surface area contributed by atoms with Crippen molar-refractivity contribution in [1.29, 1.82) is 0 Å². The fraction of sp³-hybridized carbons (Fsp3) is 0.533. The third-order valence-corrected chi connectivity index (χ3v) is 4.87. The number of nitrogens with one attached hydrogen (secondary N) is 1. The van der Waals surface area contributed by atoms with Gasteiger partial charge in [-0.2, -0.15) is 0 Å². The van der Waals surface area contributed by atoms with Gasteiger partial charge in [-0.3, -0.25) is 0 Å². The summed E-state index contributed by atoms with van der Waals surface area (Å²) in [6.07, 6.45) is 4.48. The second-order valence-corrected chi connectivity index (χ2v) is 6.24. The number of hydrogen-bond donors (Lipinski definition) is 1. The SMILES string of the molecule is CN1CCC2(CC1)CN(c1cccc3[nH]cnc13)C2. The third kappa shape index (κ3) is 1.74. The van der Waals surface area contributed by atoms with Crippen LogP contribution in [0.25, 0.3) is 11.0 Å². The Balaban J connectivity index is 1.55. The Morgan fingerprint density at radius 1 is 1.21 bits per heavy atom. The highest BCUT2D eigenvalue weighted by molar-refractivity contribution is 5.88. The van der Waals surface area contributed by atoms with E-state index in [1.165, 1.54) is 44.7 Å². The summed E-state index contributed by atoms with van der Waals surface area (Å²) < 4.78 is 0. The first-order chi connectivity index (χ1) is 9.26. The van der Waals surface area contributed by atoms with Crippen molar-refractivity contribution in [2.24, 2.45) is 5.41 Å². The van der Waals surface area contributed by atoms with E-state index >= 15 is 0 Å². The highest BCUT2D eigenvalue weighted by Gasteiger charge is 2.44. The predicted molar refractivity (Wildman–Crippen MR) is 77.5 cm³/mol. The number of aromatic nitrogens is 2. The summed E-state index contributed by atoms with van der Waals surface area (Å²) in [7, 11) is 2.23. The van der Waals surface area contributed by atoms with Crippen LogP contribution in [0, 0.1) is 5.41 Å². The van der Waals surface area contributed by atoms with Crippen LogP contribution in [0.4, 0.5) is 5.69 Å². The summed E-state index contributed by atoms with van der Waals surface area (Å²) >= 11 is 0. The molecule has 4 nitrogen and oxygen atoms in total. The average Bonchev–Trinajstić information content (AvgIpc) is 2.86. The number of anilines is 1. The second kappa shape index (κ2) is 3.97. The molecule has 0 amide bonds. The molecular weight excluding hydrogens is 236 g/mol. The molecule has 2 aromatic rings. The van der Waals surface area contributed by atoms with Crippen LogP contribution in [0.15, 0.2) is 24.5 Å². The van der Waals surface area contributed by atoms with Gasteiger partial charge in [-0.25, -0.2) is 4.98 Å². The van der Waals surface area contributed by atoms with Crippen molar-refractivity contribution in [3.8, 4) is 0 Å². The number of imidazole rings is 1. The molecule has 2 fully saturated rings. The number of hydrogen-bond acceptors (Lipinski definition) is 3. The van der Waals surface area contributed by atoms with Gasteiger partial charge in [0, 0.05) is 18.5 Å². The molecule has 2 aliphatic heterocycles. The molecule has 2 saturated heterocycles. The van der Waals surface area contributed by atoms with Crippen molar-refractivity contribution in [3.63, 3.8) is 0 Å². The standard InChI is InChI=1S/C15H20N4/c1-18-7-5-15(6-8-18)9-19(10-15)13-4-2-3-12-14(13)17-11-16-12/h2-4,11H,5-10H2,1H3,(H,16,17). The number of likely N-dealkylation sites (tertiary alicyclic amines) is 1. The van der Waals surface area contributed by atoms with Crippen molar-refractivity contribution in [2.45, 2.75) is 12.8 Å². The highest BCUT2D eigenvalue weighted by atomic mass is 15.2. The molecule has 4 rings (SSSR count). The first-order valence-electron chi connectivity index (χ1n) is 7.11. The molecule has 0 saturated carbocycles. The smallest absolute Gasteiger partial charge is 0.112 e. The van der Waals surface area contributed by atoms with E-state index in [2.05, 4.69) is 45.0 Å². The average molecular weight is 256 g/mol. The van der Waals surface area contributed by atoms with Crippen LogP contribution >= 0.6 is 0 Å². The first-order valence-corrected chi connectivity index (χ1v) is 7.11. The van der Waals surface area contributed by atoms with E-state index < -0.39 is 0 Å². The van der Waals surface area contributed by atoms with Crippen molar-refractivity contribution in [2.75, 3.05) is 38.1 Å². The quantitative estimate of drug-likeness (QED) is 0.848. The van der Waals surface area contributed by atoms with Gasteiger partial charge in [0.1, 0.15) is 5.52 Å². The third-order valence-electron chi connectivity index (χ3n) is 4.87. The largest absolute Gasteiger partial charge is 0.368 e. The van der Waals surface area contributed by atoms with Gasteiger partial charge >= 0.3 is 0 Å². The highest BCUT2D eigenvalue weighted by Crippen LogP contribution is 2.43. The fourth-order valence-electron chi connectivity index (χ4n) is 3.55. The number of nitrogens with zero attached hydrogens (tertiary/aromatic N) is 3. The summed E-state index contributed by atoms with van der Waals surface area (Å²) in [6, 6.07) is 6.41.